The van der Waals surface area contributed by atoms with Gasteiger partial charge in [0.05, 0.1) is 13.5 Å². The zero-order valence-electron chi connectivity index (χ0n) is 9.14. The number of carboxylic acids is 1. The number of aliphatic carboxylic acids is 1. The largest absolute Gasteiger partial charge is 0.481 e. The van der Waals surface area contributed by atoms with Gasteiger partial charge in [-0.25, -0.2) is 9.78 Å². The lowest BCUT2D eigenvalue weighted by molar-refractivity contribution is -0.136. The highest BCUT2D eigenvalue weighted by Gasteiger charge is 2.04. The van der Waals surface area contributed by atoms with Crippen LogP contribution in [0.4, 0.5) is 10.6 Å². The van der Waals surface area contributed by atoms with Gasteiger partial charge >= 0.3 is 18.0 Å². The first-order valence-electron chi connectivity index (χ1n) is 4.75. The highest BCUT2D eigenvalue weighted by atomic mass is 16.5. The fourth-order valence-electron chi connectivity index (χ4n) is 0.952. The van der Waals surface area contributed by atoms with Gasteiger partial charge in [0.1, 0.15) is 5.82 Å². The average Bonchev–Trinajstić information content (AvgIpc) is 2.28. The second-order valence-electron chi connectivity index (χ2n) is 2.95. The van der Waals surface area contributed by atoms with Gasteiger partial charge in [0.25, 0.3) is 0 Å². The molecule has 3 N–H and O–H groups in total. The summed E-state index contributed by atoms with van der Waals surface area (Å²) in [6, 6.07) is 1.08. The number of carboxylic acid groups (broad SMARTS) is 1. The topological polar surface area (TPSA) is 113 Å². The number of carbonyl (C=O) groups excluding carboxylic acids is 1. The van der Waals surface area contributed by atoms with Gasteiger partial charge in [-0.15, -0.1) is 0 Å². The van der Waals surface area contributed by atoms with Crippen molar-refractivity contribution in [1.29, 1.82) is 0 Å². The molecule has 0 atom stereocenters. The van der Waals surface area contributed by atoms with E-state index in [0.717, 1.165) is 0 Å². The number of anilines is 1. The van der Waals surface area contributed by atoms with Crippen molar-refractivity contribution in [2.45, 2.75) is 6.42 Å². The van der Waals surface area contributed by atoms with Crippen LogP contribution in [0.1, 0.15) is 6.42 Å². The third kappa shape index (κ3) is 4.78. The first-order valence-corrected chi connectivity index (χ1v) is 4.75. The summed E-state index contributed by atoms with van der Waals surface area (Å²) in [7, 11) is 1.41. The van der Waals surface area contributed by atoms with Crippen molar-refractivity contribution < 1.29 is 19.4 Å². The van der Waals surface area contributed by atoms with Crippen molar-refractivity contribution >= 4 is 17.8 Å². The number of amides is 2. The van der Waals surface area contributed by atoms with Gasteiger partial charge in [-0.05, 0) is 6.07 Å². The highest BCUT2D eigenvalue weighted by molar-refractivity contribution is 5.88. The number of hydrogen-bond donors (Lipinski definition) is 3. The summed E-state index contributed by atoms with van der Waals surface area (Å²) in [5.74, 6) is -0.710. The molecule has 0 fully saturated rings. The third-order valence-corrected chi connectivity index (χ3v) is 1.68. The Morgan fingerprint density at radius 3 is 2.94 bits per heavy atom. The molecule has 17 heavy (non-hydrogen) atoms. The molecule has 0 spiro atoms. The summed E-state index contributed by atoms with van der Waals surface area (Å²) in [4.78, 5) is 29.1. The van der Waals surface area contributed by atoms with Crippen LogP contribution in [-0.2, 0) is 4.79 Å². The van der Waals surface area contributed by atoms with E-state index in [1.165, 1.54) is 19.4 Å². The van der Waals surface area contributed by atoms with Crippen molar-refractivity contribution in [3.63, 3.8) is 0 Å². The molecule has 1 aromatic rings. The van der Waals surface area contributed by atoms with Gasteiger partial charge in [-0.2, -0.15) is 4.98 Å². The number of methoxy groups -OCH3 is 1. The van der Waals surface area contributed by atoms with E-state index in [0.29, 0.717) is 0 Å². The molecule has 0 bridgehead atoms. The number of nitrogens with zero attached hydrogens (tertiary/aromatic N) is 2. The summed E-state index contributed by atoms with van der Waals surface area (Å²) in [6.07, 6.45) is 1.29. The highest BCUT2D eigenvalue weighted by Crippen LogP contribution is 2.06. The molecule has 8 heteroatoms. The molecule has 0 radical (unpaired) electrons. The van der Waals surface area contributed by atoms with Crippen LogP contribution >= 0.6 is 0 Å². The molecule has 8 nitrogen and oxygen atoms in total. The minimum absolute atomic E-state index is 0.0450. The molecular weight excluding hydrogens is 228 g/mol. The van der Waals surface area contributed by atoms with E-state index in [4.69, 9.17) is 9.84 Å². The molecule has 92 valence electrons. The van der Waals surface area contributed by atoms with Gasteiger partial charge in [-0.1, -0.05) is 0 Å². The zero-order valence-corrected chi connectivity index (χ0v) is 9.14. The predicted molar refractivity (Wildman–Crippen MR) is 57.9 cm³/mol. The van der Waals surface area contributed by atoms with Crippen LogP contribution in [0.25, 0.3) is 0 Å². The van der Waals surface area contributed by atoms with Crippen molar-refractivity contribution in [2.24, 2.45) is 0 Å². The molecule has 2 amide bonds. The van der Waals surface area contributed by atoms with Crippen LogP contribution in [0.5, 0.6) is 6.01 Å². The van der Waals surface area contributed by atoms with E-state index >= 15 is 0 Å². The Kier molecular flexibility index (Phi) is 4.67. The van der Waals surface area contributed by atoms with Crippen molar-refractivity contribution in [3.8, 4) is 6.01 Å². The summed E-state index contributed by atoms with van der Waals surface area (Å²) >= 11 is 0. The van der Waals surface area contributed by atoms with Crippen molar-refractivity contribution in [1.82, 2.24) is 15.3 Å². The number of carbonyl (C=O) groups is 2. The fraction of sp³-hybridized carbons (Fsp3) is 0.333. The molecule has 1 aromatic heterocycles. The Morgan fingerprint density at radius 2 is 2.29 bits per heavy atom. The first-order chi connectivity index (χ1) is 8.11. The summed E-state index contributed by atoms with van der Waals surface area (Å²) in [5.41, 5.74) is 0. The van der Waals surface area contributed by atoms with Crippen LogP contribution < -0.4 is 15.4 Å². The second kappa shape index (κ2) is 6.26. The minimum atomic E-state index is -0.978. The van der Waals surface area contributed by atoms with E-state index < -0.39 is 12.0 Å². The number of nitrogens with one attached hydrogen (secondary N) is 2. The number of ether oxygens (including phenoxy) is 1. The third-order valence-electron chi connectivity index (χ3n) is 1.68. The molecule has 1 rings (SSSR count). The van der Waals surface area contributed by atoms with Crippen LogP contribution in [0.3, 0.4) is 0 Å². The zero-order chi connectivity index (χ0) is 12.7. The Bertz CT molecular complexity index is 410. The summed E-state index contributed by atoms with van der Waals surface area (Å²) in [5, 5.41) is 13.2. The molecule has 0 unspecified atom stereocenters. The smallest absolute Gasteiger partial charge is 0.320 e. The molecule has 0 saturated heterocycles. The standard InChI is InChI=1S/C9H12N4O4/c1-17-9-11-4-2-6(13-9)12-8(16)10-5-3-7(14)15/h2,4H,3,5H2,1H3,(H,14,15)(H2,10,11,12,13,16). The van der Waals surface area contributed by atoms with Gasteiger partial charge in [0.15, 0.2) is 0 Å². The lowest BCUT2D eigenvalue weighted by Gasteiger charge is -2.06. The van der Waals surface area contributed by atoms with Gasteiger partial charge in [-0.3, -0.25) is 10.1 Å². The Morgan fingerprint density at radius 1 is 1.53 bits per heavy atom. The van der Waals surface area contributed by atoms with Crippen LogP contribution in [0, 0.1) is 0 Å². The Labute approximate surface area is 97.0 Å². The monoisotopic (exact) mass is 240 g/mol. The lowest BCUT2D eigenvalue weighted by atomic mass is 10.4. The second-order valence-corrected chi connectivity index (χ2v) is 2.95. The number of hydrogen-bond acceptors (Lipinski definition) is 5. The van der Waals surface area contributed by atoms with E-state index in [1.807, 2.05) is 0 Å². The van der Waals surface area contributed by atoms with Crippen LogP contribution in [-0.4, -0.2) is 40.7 Å². The fourth-order valence-corrected chi connectivity index (χ4v) is 0.952. The number of rotatable bonds is 5. The molecule has 0 saturated carbocycles. The summed E-state index contributed by atoms with van der Waals surface area (Å²) < 4.78 is 4.78. The van der Waals surface area contributed by atoms with E-state index in [9.17, 15) is 9.59 Å². The number of urea groups is 1. The first kappa shape index (κ1) is 12.7. The summed E-state index contributed by atoms with van der Waals surface area (Å²) in [6.45, 7) is 0.0450. The van der Waals surface area contributed by atoms with Crippen LogP contribution in [0.2, 0.25) is 0 Å². The molecule has 0 aliphatic rings. The van der Waals surface area contributed by atoms with Gasteiger partial charge < -0.3 is 15.2 Å². The number of aromatic nitrogens is 2. The van der Waals surface area contributed by atoms with E-state index in [-0.39, 0.29) is 24.8 Å². The van der Waals surface area contributed by atoms with Gasteiger partial charge in [0.2, 0.25) is 0 Å². The molecule has 1 heterocycles. The normalized spacial score (nSPS) is 9.47. The maximum Gasteiger partial charge on any atom is 0.320 e. The maximum absolute atomic E-state index is 11.3. The van der Waals surface area contributed by atoms with Gasteiger partial charge in [0, 0.05) is 12.7 Å². The molecule has 0 aromatic carbocycles. The maximum atomic E-state index is 11.3. The SMILES string of the molecule is COc1nccc(NC(=O)NCCC(=O)O)n1. The Balaban J connectivity index is 2.42. The average molecular weight is 240 g/mol. The molecule has 0 aliphatic carbocycles. The molecule has 0 aliphatic heterocycles. The predicted octanol–water partition coefficient (Wildman–Crippen LogP) is 0.0814. The van der Waals surface area contributed by atoms with E-state index in [1.54, 1.807) is 0 Å². The minimum Gasteiger partial charge on any atom is -0.481 e. The van der Waals surface area contributed by atoms with E-state index in [2.05, 4.69) is 20.6 Å². The molecular formula is C9H12N4O4. The van der Waals surface area contributed by atoms with Crippen molar-refractivity contribution in [3.05, 3.63) is 12.3 Å². The Hall–Kier alpha value is -2.38. The quantitative estimate of drug-likeness (QED) is 0.671. The van der Waals surface area contributed by atoms with Crippen molar-refractivity contribution in [2.75, 3.05) is 19.0 Å². The lowest BCUT2D eigenvalue weighted by Crippen LogP contribution is -2.30. The van der Waals surface area contributed by atoms with Crippen LogP contribution in [0.15, 0.2) is 12.3 Å².